The van der Waals surface area contributed by atoms with E-state index in [0.29, 0.717) is 0 Å². The Morgan fingerprint density at radius 2 is 2.08 bits per heavy atom. The van der Waals surface area contributed by atoms with Gasteiger partial charge in [0.2, 0.25) is 5.91 Å². The van der Waals surface area contributed by atoms with Crippen LogP contribution in [-0.4, -0.2) is 25.6 Å². The molecule has 1 heterocycles. The van der Waals surface area contributed by atoms with Crippen LogP contribution in [-0.2, 0) is 9.84 Å². The zero-order valence-electron chi connectivity index (χ0n) is 6.89. The molecule has 1 rings (SSSR count). The number of aromatic nitrogens is 1. The first-order valence-electron chi connectivity index (χ1n) is 3.36. The first-order valence-corrected chi connectivity index (χ1v) is 5.25. The number of carbonyl (C=O) groups is 1. The lowest BCUT2D eigenvalue weighted by Gasteiger charge is -1.98. The van der Waals surface area contributed by atoms with E-state index in [1.54, 1.807) is 0 Å². The average Bonchev–Trinajstić information content (AvgIpc) is 2.03. The van der Waals surface area contributed by atoms with Crippen molar-refractivity contribution in [1.82, 2.24) is 4.98 Å². The molecule has 2 N–H and O–H groups in total. The molecule has 0 unspecified atom stereocenters. The monoisotopic (exact) mass is 200 g/mol. The fourth-order valence-electron chi connectivity index (χ4n) is 0.756. The van der Waals surface area contributed by atoms with Crippen molar-refractivity contribution in [3.63, 3.8) is 0 Å². The Hall–Kier alpha value is -1.43. The summed E-state index contributed by atoms with van der Waals surface area (Å²) in [5.74, 6) is -0.696. The summed E-state index contributed by atoms with van der Waals surface area (Å²) < 4.78 is 22.0. The highest BCUT2D eigenvalue weighted by Gasteiger charge is 2.09. The molecule has 0 saturated heterocycles. The largest absolute Gasteiger partial charge is 0.366 e. The zero-order valence-corrected chi connectivity index (χ0v) is 7.71. The van der Waals surface area contributed by atoms with E-state index in [2.05, 4.69) is 4.98 Å². The second-order valence-electron chi connectivity index (χ2n) is 2.55. The predicted octanol–water partition coefficient (Wildman–Crippen LogP) is -0.416. The molecule has 0 spiro atoms. The van der Waals surface area contributed by atoms with Gasteiger partial charge in [-0.2, -0.15) is 0 Å². The molecule has 0 aliphatic carbocycles. The van der Waals surface area contributed by atoms with Crippen LogP contribution < -0.4 is 5.73 Å². The molecule has 1 aromatic rings. The second-order valence-corrected chi connectivity index (χ2v) is 4.56. The molecule has 6 heteroatoms. The molecule has 0 fully saturated rings. The summed E-state index contributed by atoms with van der Waals surface area (Å²) in [5.41, 5.74) is 5.04. The Bertz CT molecular complexity index is 439. The number of primary amides is 1. The van der Waals surface area contributed by atoms with Gasteiger partial charge in [-0.25, -0.2) is 8.42 Å². The molecule has 70 valence electrons. The van der Waals surface area contributed by atoms with E-state index in [0.717, 1.165) is 6.26 Å². The molecule has 5 nitrogen and oxygen atoms in total. The van der Waals surface area contributed by atoms with Gasteiger partial charge in [-0.15, -0.1) is 0 Å². The lowest BCUT2D eigenvalue weighted by molar-refractivity contribution is 0.0999. The zero-order chi connectivity index (χ0) is 10.1. The third-order valence-electron chi connectivity index (χ3n) is 1.43. The second kappa shape index (κ2) is 3.14. The molecule has 0 aliphatic heterocycles. The normalized spacial score (nSPS) is 11.2. The summed E-state index contributed by atoms with van der Waals surface area (Å²) in [4.78, 5) is 14.2. The Kier molecular flexibility index (Phi) is 2.33. The quantitative estimate of drug-likeness (QED) is 0.702. The van der Waals surface area contributed by atoms with Crippen molar-refractivity contribution < 1.29 is 13.2 Å². The number of nitrogens with zero attached hydrogens (tertiary/aromatic N) is 1. The van der Waals surface area contributed by atoms with E-state index in [1.807, 2.05) is 0 Å². The third-order valence-corrected chi connectivity index (χ3v) is 2.51. The van der Waals surface area contributed by atoms with Gasteiger partial charge in [0.25, 0.3) is 0 Å². The number of pyridine rings is 1. The lowest BCUT2D eigenvalue weighted by atomic mass is 10.3. The van der Waals surface area contributed by atoms with Gasteiger partial charge in [-0.1, -0.05) is 0 Å². The summed E-state index contributed by atoms with van der Waals surface area (Å²) in [6.45, 7) is 0. The number of nitrogens with two attached hydrogens (primary N) is 1. The summed E-state index contributed by atoms with van der Waals surface area (Å²) in [6.07, 6.45) is 3.42. The average molecular weight is 200 g/mol. The fourth-order valence-corrected chi connectivity index (χ4v) is 1.35. The smallest absolute Gasteiger partial charge is 0.250 e. The van der Waals surface area contributed by atoms with E-state index in [-0.39, 0.29) is 10.5 Å². The van der Waals surface area contributed by atoms with Gasteiger partial charge in [0, 0.05) is 18.6 Å². The summed E-state index contributed by atoms with van der Waals surface area (Å²) in [6, 6.07) is 1.20. The minimum absolute atomic E-state index is 0.0104. The molecule has 1 amide bonds. The van der Waals surface area contributed by atoms with Gasteiger partial charge in [0.05, 0.1) is 10.5 Å². The van der Waals surface area contributed by atoms with Gasteiger partial charge in [-0.3, -0.25) is 9.78 Å². The van der Waals surface area contributed by atoms with Crippen molar-refractivity contribution in [1.29, 1.82) is 0 Å². The molecule has 13 heavy (non-hydrogen) atoms. The van der Waals surface area contributed by atoms with Crippen LogP contribution >= 0.6 is 0 Å². The molecule has 0 saturated carbocycles. The van der Waals surface area contributed by atoms with Crippen LogP contribution in [0.4, 0.5) is 0 Å². The Labute approximate surface area is 75.5 Å². The molecular weight excluding hydrogens is 192 g/mol. The number of amides is 1. The maximum Gasteiger partial charge on any atom is 0.250 e. The minimum Gasteiger partial charge on any atom is -0.366 e. The highest BCUT2D eigenvalue weighted by molar-refractivity contribution is 7.90. The highest BCUT2D eigenvalue weighted by Crippen LogP contribution is 2.08. The Balaban J connectivity index is 3.29. The molecule has 0 radical (unpaired) electrons. The maximum absolute atomic E-state index is 11.0. The Morgan fingerprint density at radius 1 is 1.46 bits per heavy atom. The van der Waals surface area contributed by atoms with Gasteiger partial charge in [0.1, 0.15) is 0 Å². The number of hydrogen-bond donors (Lipinski definition) is 1. The van der Waals surface area contributed by atoms with Crippen LogP contribution in [0.5, 0.6) is 0 Å². The number of hydrogen-bond acceptors (Lipinski definition) is 4. The predicted molar refractivity (Wildman–Crippen MR) is 45.9 cm³/mol. The van der Waals surface area contributed by atoms with Gasteiger partial charge in [-0.05, 0) is 6.07 Å². The van der Waals surface area contributed by atoms with E-state index < -0.39 is 15.7 Å². The van der Waals surface area contributed by atoms with Crippen molar-refractivity contribution in [3.05, 3.63) is 24.0 Å². The maximum atomic E-state index is 11.0. The molecule has 0 aliphatic rings. The molecule has 0 atom stereocenters. The molecular formula is C7H8N2O3S. The lowest BCUT2D eigenvalue weighted by Crippen LogP contribution is -2.12. The summed E-state index contributed by atoms with van der Waals surface area (Å²) >= 11 is 0. The van der Waals surface area contributed by atoms with E-state index in [4.69, 9.17) is 5.73 Å². The SMILES string of the molecule is CS(=O)(=O)c1cncc(C(N)=O)c1. The topological polar surface area (TPSA) is 90.1 Å². The van der Waals surface area contributed by atoms with Crippen molar-refractivity contribution in [2.75, 3.05) is 6.26 Å². The van der Waals surface area contributed by atoms with Crippen LogP contribution in [0.3, 0.4) is 0 Å². The molecule has 0 bridgehead atoms. The van der Waals surface area contributed by atoms with Crippen molar-refractivity contribution >= 4 is 15.7 Å². The van der Waals surface area contributed by atoms with E-state index >= 15 is 0 Å². The van der Waals surface area contributed by atoms with Crippen LogP contribution in [0.25, 0.3) is 0 Å². The van der Waals surface area contributed by atoms with Crippen LogP contribution in [0.15, 0.2) is 23.4 Å². The molecule has 1 aromatic heterocycles. The van der Waals surface area contributed by atoms with Crippen molar-refractivity contribution in [2.24, 2.45) is 5.73 Å². The minimum atomic E-state index is -3.33. The van der Waals surface area contributed by atoms with Crippen LogP contribution in [0.2, 0.25) is 0 Å². The van der Waals surface area contributed by atoms with E-state index in [9.17, 15) is 13.2 Å². The Morgan fingerprint density at radius 3 is 2.54 bits per heavy atom. The van der Waals surface area contributed by atoms with E-state index in [1.165, 1.54) is 18.5 Å². The first kappa shape index (κ1) is 9.66. The number of carbonyl (C=O) groups excluding carboxylic acids is 1. The van der Waals surface area contributed by atoms with Crippen molar-refractivity contribution in [3.8, 4) is 0 Å². The van der Waals surface area contributed by atoms with Gasteiger partial charge in [0.15, 0.2) is 9.84 Å². The number of rotatable bonds is 2. The fraction of sp³-hybridized carbons (Fsp3) is 0.143. The summed E-state index contributed by atoms with van der Waals surface area (Å²) in [7, 11) is -3.33. The summed E-state index contributed by atoms with van der Waals surface area (Å²) in [5, 5.41) is 0. The molecule has 0 aromatic carbocycles. The first-order chi connectivity index (χ1) is 5.91. The van der Waals surface area contributed by atoms with Gasteiger partial charge < -0.3 is 5.73 Å². The van der Waals surface area contributed by atoms with Crippen LogP contribution in [0, 0.1) is 0 Å². The third kappa shape index (κ3) is 2.25. The van der Waals surface area contributed by atoms with Crippen LogP contribution in [0.1, 0.15) is 10.4 Å². The van der Waals surface area contributed by atoms with Gasteiger partial charge >= 0.3 is 0 Å². The standard InChI is InChI=1S/C7H8N2O3S/c1-13(11,12)6-2-5(7(8)10)3-9-4-6/h2-4H,1H3,(H2,8,10). The number of sulfone groups is 1. The van der Waals surface area contributed by atoms with Crippen molar-refractivity contribution in [2.45, 2.75) is 4.90 Å². The highest BCUT2D eigenvalue weighted by atomic mass is 32.2.